The highest BCUT2D eigenvalue weighted by atomic mass is 32.2. The van der Waals surface area contributed by atoms with E-state index in [-0.39, 0.29) is 17.9 Å². The van der Waals surface area contributed by atoms with Crippen molar-refractivity contribution in [2.24, 2.45) is 5.92 Å². The number of amides is 1. The summed E-state index contributed by atoms with van der Waals surface area (Å²) in [5, 5.41) is 9.74. The number of carbonyl (C=O) groups excluding carboxylic acids is 1. The summed E-state index contributed by atoms with van der Waals surface area (Å²) in [6.07, 6.45) is 5.75. The van der Waals surface area contributed by atoms with Crippen LogP contribution in [0.1, 0.15) is 31.0 Å². The van der Waals surface area contributed by atoms with Gasteiger partial charge in [-0.3, -0.25) is 4.79 Å². The van der Waals surface area contributed by atoms with Crippen molar-refractivity contribution in [3.8, 4) is 0 Å². The maximum atomic E-state index is 12.4. The Morgan fingerprint density at radius 2 is 2.29 bits per heavy atom. The van der Waals surface area contributed by atoms with Crippen molar-refractivity contribution in [3.05, 3.63) is 35.8 Å². The first-order valence-electron chi connectivity index (χ1n) is 8.51. The summed E-state index contributed by atoms with van der Waals surface area (Å²) in [5.74, 6) is 1.60. The number of aliphatic hydroxyl groups is 1. The number of hydrogen-bond donors (Lipinski definition) is 1. The zero-order chi connectivity index (χ0) is 17.1. The van der Waals surface area contributed by atoms with Crippen molar-refractivity contribution in [2.75, 3.05) is 18.8 Å². The number of rotatable bonds is 5. The minimum Gasteiger partial charge on any atom is -0.393 e. The molecule has 24 heavy (non-hydrogen) atoms. The van der Waals surface area contributed by atoms with Gasteiger partial charge in [0.25, 0.3) is 0 Å². The lowest BCUT2D eigenvalue weighted by Crippen LogP contribution is -2.43. The zero-order valence-electron chi connectivity index (χ0n) is 14.3. The lowest BCUT2D eigenvalue weighted by atomic mass is 9.93. The average molecular weight is 347 g/mol. The van der Waals surface area contributed by atoms with E-state index in [0.29, 0.717) is 12.3 Å². The fraction of sp³-hybridized carbons (Fsp3) is 0.556. The van der Waals surface area contributed by atoms with Gasteiger partial charge in [-0.25, -0.2) is 4.98 Å². The first-order chi connectivity index (χ1) is 11.5. The van der Waals surface area contributed by atoms with Crippen LogP contribution in [0.15, 0.2) is 24.5 Å². The van der Waals surface area contributed by atoms with Crippen LogP contribution >= 0.6 is 11.8 Å². The number of pyridine rings is 1. The normalized spacial score (nSPS) is 19.6. The van der Waals surface area contributed by atoms with Crippen LogP contribution in [-0.2, 0) is 10.5 Å². The highest BCUT2D eigenvalue weighted by Gasteiger charge is 2.26. The maximum absolute atomic E-state index is 12.4. The van der Waals surface area contributed by atoms with E-state index in [1.807, 2.05) is 28.5 Å². The van der Waals surface area contributed by atoms with E-state index in [2.05, 4.69) is 24.2 Å². The molecule has 3 heterocycles. The zero-order valence-corrected chi connectivity index (χ0v) is 15.1. The summed E-state index contributed by atoms with van der Waals surface area (Å²) < 4.78 is 2.03. The lowest BCUT2D eigenvalue weighted by Gasteiger charge is -2.34. The summed E-state index contributed by atoms with van der Waals surface area (Å²) in [5.41, 5.74) is 3.14. The molecular formula is C18H25N3O2S. The van der Waals surface area contributed by atoms with E-state index in [9.17, 15) is 9.90 Å². The molecule has 130 valence electrons. The average Bonchev–Trinajstić information content (AvgIpc) is 2.96. The van der Waals surface area contributed by atoms with E-state index in [1.54, 1.807) is 11.8 Å². The van der Waals surface area contributed by atoms with Crippen molar-refractivity contribution in [1.82, 2.24) is 14.3 Å². The molecule has 2 aromatic rings. The fourth-order valence-electron chi connectivity index (χ4n) is 3.19. The Morgan fingerprint density at radius 3 is 3.08 bits per heavy atom. The minimum atomic E-state index is -0.338. The largest absolute Gasteiger partial charge is 0.393 e. The summed E-state index contributed by atoms with van der Waals surface area (Å²) in [6, 6.07) is 4.07. The Labute approximate surface area is 147 Å². The number of fused-ring (bicyclic) bond motifs is 1. The highest BCUT2D eigenvalue weighted by molar-refractivity contribution is 7.99. The molecule has 1 aliphatic heterocycles. The SMILES string of the molecule is Cc1ccc2nc(CSCC(=O)N3CCCC(C(C)O)C3)cn2c1. The molecule has 1 amide bonds. The van der Waals surface area contributed by atoms with Gasteiger partial charge in [-0.05, 0) is 38.3 Å². The molecule has 0 aliphatic carbocycles. The molecule has 1 aliphatic rings. The minimum absolute atomic E-state index is 0.171. The number of aryl methyl sites for hydroxylation is 1. The van der Waals surface area contributed by atoms with Gasteiger partial charge in [0, 0.05) is 37.2 Å². The van der Waals surface area contributed by atoms with E-state index < -0.39 is 0 Å². The van der Waals surface area contributed by atoms with Crippen LogP contribution < -0.4 is 0 Å². The van der Waals surface area contributed by atoms with Crippen LogP contribution in [0.2, 0.25) is 0 Å². The van der Waals surface area contributed by atoms with Crippen LogP contribution in [0.4, 0.5) is 0 Å². The molecule has 0 bridgehead atoms. The van der Waals surface area contributed by atoms with E-state index in [4.69, 9.17) is 0 Å². The number of hydrogen-bond acceptors (Lipinski definition) is 4. The summed E-state index contributed by atoms with van der Waals surface area (Å²) in [4.78, 5) is 18.9. The number of imidazole rings is 1. The van der Waals surface area contributed by atoms with Crippen LogP contribution in [0.5, 0.6) is 0 Å². The molecule has 1 fully saturated rings. The van der Waals surface area contributed by atoms with Gasteiger partial charge in [0.05, 0.1) is 17.6 Å². The van der Waals surface area contributed by atoms with Crippen molar-refractivity contribution in [3.63, 3.8) is 0 Å². The molecule has 6 heteroatoms. The second-order valence-electron chi connectivity index (χ2n) is 6.68. The molecule has 0 spiro atoms. The van der Waals surface area contributed by atoms with Crippen molar-refractivity contribution in [2.45, 2.75) is 38.5 Å². The molecule has 5 nitrogen and oxygen atoms in total. The molecule has 2 atom stereocenters. The first-order valence-corrected chi connectivity index (χ1v) is 9.66. The van der Waals surface area contributed by atoms with Crippen molar-refractivity contribution in [1.29, 1.82) is 0 Å². The maximum Gasteiger partial charge on any atom is 0.232 e. The number of thioether (sulfide) groups is 1. The predicted octanol–water partition coefficient (Wildman–Crippen LogP) is 2.50. The Kier molecular flexibility index (Phi) is 5.46. The number of nitrogens with zero attached hydrogens (tertiary/aromatic N) is 3. The van der Waals surface area contributed by atoms with Crippen LogP contribution in [0.3, 0.4) is 0 Å². The quantitative estimate of drug-likeness (QED) is 0.903. The molecule has 1 N–H and O–H groups in total. The van der Waals surface area contributed by atoms with Gasteiger partial charge in [-0.15, -0.1) is 11.8 Å². The number of carbonyl (C=O) groups is 1. The highest BCUT2D eigenvalue weighted by Crippen LogP contribution is 2.21. The number of likely N-dealkylation sites (tertiary alicyclic amines) is 1. The van der Waals surface area contributed by atoms with Crippen LogP contribution in [-0.4, -0.2) is 50.2 Å². The summed E-state index contributed by atoms with van der Waals surface area (Å²) in [7, 11) is 0. The van der Waals surface area contributed by atoms with E-state index in [0.717, 1.165) is 36.5 Å². The molecule has 2 aromatic heterocycles. The molecule has 2 unspecified atom stereocenters. The Bertz CT molecular complexity index is 713. The molecule has 0 saturated carbocycles. The monoisotopic (exact) mass is 347 g/mol. The Hall–Kier alpha value is -1.53. The molecule has 3 rings (SSSR count). The standard InChI is InChI=1S/C18H25N3O2S/c1-13-5-6-17-19-16(10-21(17)8-13)11-24-12-18(23)20-7-3-4-15(9-20)14(2)22/h5-6,8,10,14-15,22H,3-4,7,9,11-12H2,1-2H3. The van der Waals surface area contributed by atoms with Crippen molar-refractivity contribution < 1.29 is 9.90 Å². The van der Waals surface area contributed by atoms with Crippen LogP contribution in [0.25, 0.3) is 5.65 Å². The molecule has 0 aromatic carbocycles. The van der Waals surface area contributed by atoms with Crippen LogP contribution in [0, 0.1) is 12.8 Å². The predicted molar refractivity (Wildman–Crippen MR) is 97.1 cm³/mol. The fourth-order valence-corrected chi connectivity index (χ4v) is 4.00. The third-order valence-electron chi connectivity index (χ3n) is 4.62. The van der Waals surface area contributed by atoms with Gasteiger partial charge in [-0.1, -0.05) is 6.07 Å². The lowest BCUT2D eigenvalue weighted by molar-refractivity contribution is -0.130. The van der Waals surface area contributed by atoms with Gasteiger partial charge in [0.1, 0.15) is 5.65 Å². The second kappa shape index (κ2) is 7.57. The Balaban J connectivity index is 1.50. The number of piperidine rings is 1. The summed E-state index contributed by atoms with van der Waals surface area (Å²) in [6.45, 7) is 5.38. The second-order valence-corrected chi connectivity index (χ2v) is 7.67. The molecule has 1 saturated heterocycles. The third kappa shape index (κ3) is 4.11. The van der Waals surface area contributed by atoms with Gasteiger partial charge >= 0.3 is 0 Å². The van der Waals surface area contributed by atoms with Gasteiger partial charge in [-0.2, -0.15) is 0 Å². The topological polar surface area (TPSA) is 57.8 Å². The van der Waals surface area contributed by atoms with Crippen molar-refractivity contribution >= 4 is 23.3 Å². The smallest absolute Gasteiger partial charge is 0.232 e. The Morgan fingerprint density at radius 1 is 1.46 bits per heavy atom. The van der Waals surface area contributed by atoms with Gasteiger partial charge in [0.15, 0.2) is 0 Å². The summed E-state index contributed by atoms with van der Waals surface area (Å²) >= 11 is 1.61. The number of aromatic nitrogens is 2. The molecule has 0 radical (unpaired) electrons. The first kappa shape index (κ1) is 17.3. The number of aliphatic hydroxyl groups excluding tert-OH is 1. The van der Waals surface area contributed by atoms with E-state index in [1.165, 1.54) is 5.56 Å². The van der Waals surface area contributed by atoms with E-state index >= 15 is 0 Å². The van der Waals surface area contributed by atoms with Gasteiger partial charge in [0.2, 0.25) is 5.91 Å². The van der Waals surface area contributed by atoms with Gasteiger partial charge < -0.3 is 14.4 Å². The third-order valence-corrected chi connectivity index (χ3v) is 5.57. The molecular weight excluding hydrogens is 322 g/mol.